The number of aryl methyl sites for hydroxylation is 1. The quantitative estimate of drug-likeness (QED) is 0.409. The summed E-state index contributed by atoms with van der Waals surface area (Å²) in [6.07, 6.45) is 10.8. The number of hydrogen-bond donors (Lipinski definition) is 2. The summed E-state index contributed by atoms with van der Waals surface area (Å²) in [5, 5.41) is 20.8. The summed E-state index contributed by atoms with van der Waals surface area (Å²) >= 11 is 0. The lowest BCUT2D eigenvalue weighted by molar-refractivity contribution is -0.148. The molecule has 4 atom stereocenters. The van der Waals surface area contributed by atoms with Crippen LogP contribution in [-0.2, 0) is 22.4 Å². The van der Waals surface area contributed by atoms with Crippen LogP contribution in [0.4, 0.5) is 0 Å². The van der Waals surface area contributed by atoms with Crippen molar-refractivity contribution in [3.05, 3.63) is 23.3 Å². The second kappa shape index (κ2) is 11.0. The molecule has 1 heterocycles. The lowest BCUT2D eigenvalue weighted by Crippen LogP contribution is -2.24. The zero-order valence-corrected chi connectivity index (χ0v) is 18.6. The highest BCUT2D eigenvalue weighted by Crippen LogP contribution is 2.43. The normalized spacial score (nSPS) is 22.4. The third kappa shape index (κ3) is 6.13. The highest BCUT2D eigenvalue weighted by atomic mass is 16.5. The molecular formula is C25H38O5. The Balaban J connectivity index is 1.66. The minimum absolute atomic E-state index is 0.222. The fourth-order valence-corrected chi connectivity index (χ4v) is 5.09. The third-order valence-electron chi connectivity index (χ3n) is 6.70. The highest BCUT2D eigenvalue weighted by Gasteiger charge is 2.33. The average Bonchev–Trinajstić information content (AvgIpc) is 3.06. The third-order valence-corrected chi connectivity index (χ3v) is 6.70. The Labute approximate surface area is 180 Å². The molecule has 1 aromatic carbocycles. The molecule has 1 fully saturated rings. The molecule has 0 spiro atoms. The van der Waals surface area contributed by atoms with Gasteiger partial charge in [-0.1, -0.05) is 32.3 Å². The number of fused-ring (bicyclic) bond motifs is 2. The predicted molar refractivity (Wildman–Crippen MR) is 117 cm³/mol. The fourth-order valence-electron chi connectivity index (χ4n) is 5.09. The van der Waals surface area contributed by atoms with Crippen LogP contribution in [0.5, 0.6) is 11.5 Å². The van der Waals surface area contributed by atoms with Crippen molar-refractivity contribution in [3.8, 4) is 11.5 Å². The molecule has 0 aromatic heterocycles. The van der Waals surface area contributed by atoms with E-state index in [2.05, 4.69) is 6.92 Å². The summed E-state index contributed by atoms with van der Waals surface area (Å²) < 4.78 is 11.8. The van der Waals surface area contributed by atoms with Gasteiger partial charge >= 0.3 is 5.97 Å². The number of phenols is 1. The van der Waals surface area contributed by atoms with Crippen molar-refractivity contribution in [1.82, 2.24) is 0 Å². The maximum absolute atomic E-state index is 11.6. The first-order valence-corrected chi connectivity index (χ1v) is 11.8. The van der Waals surface area contributed by atoms with Gasteiger partial charge in [-0.15, -0.1) is 0 Å². The van der Waals surface area contributed by atoms with Crippen molar-refractivity contribution in [2.75, 3.05) is 0 Å². The van der Waals surface area contributed by atoms with Crippen molar-refractivity contribution in [2.45, 2.75) is 109 Å². The number of unbranched alkanes of at least 4 members (excludes halogenated alkanes) is 2. The minimum atomic E-state index is -0.444. The van der Waals surface area contributed by atoms with Crippen molar-refractivity contribution in [2.24, 2.45) is 5.92 Å². The molecule has 0 bridgehead atoms. The summed E-state index contributed by atoms with van der Waals surface area (Å²) in [6, 6.07) is 3.70. The van der Waals surface area contributed by atoms with E-state index in [4.69, 9.17) is 9.47 Å². The van der Waals surface area contributed by atoms with E-state index in [1.54, 1.807) is 6.07 Å². The number of hydrogen-bond acceptors (Lipinski definition) is 5. The molecule has 0 saturated heterocycles. The van der Waals surface area contributed by atoms with Gasteiger partial charge in [-0.05, 0) is 68.9 Å². The maximum atomic E-state index is 11.6. The summed E-state index contributed by atoms with van der Waals surface area (Å²) in [5.41, 5.74) is 2.26. The molecule has 1 aromatic rings. The minimum Gasteiger partial charge on any atom is -0.504 e. The molecule has 5 heteroatoms. The summed E-state index contributed by atoms with van der Waals surface area (Å²) in [7, 11) is 0. The maximum Gasteiger partial charge on any atom is 0.302 e. The first-order chi connectivity index (χ1) is 14.5. The second-order valence-corrected chi connectivity index (χ2v) is 9.09. The number of carbonyl (C=O) groups excluding carboxylic acids is 1. The van der Waals surface area contributed by atoms with Crippen molar-refractivity contribution in [1.29, 1.82) is 0 Å². The number of carbonyl (C=O) groups is 1. The Morgan fingerprint density at radius 3 is 2.83 bits per heavy atom. The van der Waals surface area contributed by atoms with Gasteiger partial charge in [0.25, 0.3) is 0 Å². The van der Waals surface area contributed by atoms with Crippen LogP contribution in [0.1, 0.15) is 89.2 Å². The first-order valence-electron chi connectivity index (χ1n) is 11.8. The number of phenolic OH excluding ortho intramolecular Hbond substituents is 1. The zero-order chi connectivity index (χ0) is 21.5. The van der Waals surface area contributed by atoms with E-state index >= 15 is 0 Å². The van der Waals surface area contributed by atoms with Gasteiger partial charge in [-0.25, -0.2) is 0 Å². The second-order valence-electron chi connectivity index (χ2n) is 9.09. The van der Waals surface area contributed by atoms with Gasteiger partial charge in [0.15, 0.2) is 11.5 Å². The Morgan fingerprint density at radius 2 is 2.07 bits per heavy atom. The Hall–Kier alpha value is -1.75. The summed E-state index contributed by atoms with van der Waals surface area (Å²) in [4.78, 5) is 11.6. The molecule has 3 rings (SSSR count). The molecule has 30 heavy (non-hydrogen) atoms. The Morgan fingerprint density at radius 1 is 1.23 bits per heavy atom. The van der Waals surface area contributed by atoms with Gasteiger partial charge in [0.05, 0.1) is 6.10 Å². The van der Waals surface area contributed by atoms with Crippen molar-refractivity contribution in [3.63, 3.8) is 0 Å². The number of aliphatic hydroxyl groups excluding tert-OH is 1. The first kappa shape index (κ1) is 22.9. The molecule has 1 aliphatic carbocycles. The largest absolute Gasteiger partial charge is 0.504 e. The molecular weight excluding hydrogens is 380 g/mol. The predicted octanol–water partition coefficient (Wildman–Crippen LogP) is 5.08. The topological polar surface area (TPSA) is 76.0 Å². The monoisotopic (exact) mass is 418 g/mol. The zero-order valence-electron chi connectivity index (χ0n) is 18.6. The number of aromatic hydroxyl groups is 1. The van der Waals surface area contributed by atoms with Crippen molar-refractivity contribution >= 4 is 5.97 Å². The lowest BCUT2D eigenvalue weighted by Gasteiger charge is -2.22. The summed E-state index contributed by atoms with van der Waals surface area (Å²) in [5.74, 6) is 1.16. The number of ether oxygens (including phenoxy) is 2. The van der Waals surface area contributed by atoms with E-state index in [0.717, 1.165) is 62.5 Å². The van der Waals surface area contributed by atoms with E-state index in [-0.39, 0.29) is 23.9 Å². The van der Waals surface area contributed by atoms with E-state index in [1.807, 2.05) is 6.07 Å². The molecule has 5 nitrogen and oxygen atoms in total. The SMILES string of the molecule is CCCCC[C@H](O)C[C@@H](CCc1ccc(O)c2c1CC[C@H]1CCC[C@@H]1O2)OC(C)=O. The smallest absolute Gasteiger partial charge is 0.302 e. The van der Waals surface area contributed by atoms with E-state index in [0.29, 0.717) is 24.5 Å². The number of esters is 1. The number of aliphatic hydroxyl groups is 1. The van der Waals surface area contributed by atoms with Gasteiger partial charge in [0.2, 0.25) is 0 Å². The van der Waals surface area contributed by atoms with Crippen LogP contribution in [0.2, 0.25) is 0 Å². The van der Waals surface area contributed by atoms with Gasteiger partial charge < -0.3 is 19.7 Å². The van der Waals surface area contributed by atoms with Crippen LogP contribution in [0.3, 0.4) is 0 Å². The van der Waals surface area contributed by atoms with Crippen molar-refractivity contribution < 1.29 is 24.5 Å². The average molecular weight is 419 g/mol. The molecule has 2 aliphatic rings. The van der Waals surface area contributed by atoms with Crippen LogP contribution < -0.4 is 4.74 Å². The molecule has 1 saturated carbocycles. The highest BCUT2D eigenvalue weighted by molar-refractivity contribution is 5.66. The van der Waals surface area contributed by atoms with E-state index in [1.165, 1.54) is 19.8 Å². The molecule has 0 radical (unpaired) electrons. The molecule has 2 N–H and O–H groups in total. The summed E-state index contributed by atoms with van der Waals surface area (Å²) in [6.45, 7) is 3.57. The number of benzene rings is 1. The number of rotatable bonds is 10. The van der Waals surface area contributed by atoms with Gasteiger partial charge in [0.1, 0.15) is 12.2 Å². The lowest BCUT2D eigenvalue weighted by atomic mass is 9.92. The molecule has 168 valence electrons. The Bertz CT molecular complexity index is 701. The molecule has 1 aliphatic heterocycles. The van der Waals surface area contributed by atoms with Gasteiger partial charge in [-0.3, -0.25) is 4.79 Å². The van der Waals surface area contributed by atoms with Gasteiger partial charge in [-0.2, -0.15) is 0 Å². The van der Waals surface area contributed by atoms with Crippen LogP contribution in [0, 0.1) is 5.92 Å². The molecule has 0 unspecified atom stereocenters. The molecule has 0 amide bonds. The van der Waals surface area contributed by atoms with Crippen LogP contribution in [-0.4, -0.2) is 34.5 Å². The van der Waals surface area contributed by atoms with Crippen LogP contribution in [0.15, 0.2) is 12.1 Å². The van der Waals surface area contributed by atoms with Crippen LogP contribution in [0.25, 0.3) is 0 Å². The Kier molecular flexibility index (Phi) is 8.43. The fraction of sp³-hybridized carbons (Fsp3) is 0.720. The van der Waals surface area contributed by atoms with E-state index in [9.17, 15) is 15.0 Å². The van der Waals surface area contributed by atoms with Crippen LogP contribution >= 0.6 is 0 Å². The van der Waals surface area contributed by atoms with Gasteiger partial charge in [0, 0.05) is 18.9 Å². The van der Waals surface area contributed by atoms with E-state index < -0.39 is 6.10 Å². The standard InChI is InChI=1S/C25H38O5/c1-3-4-5-8-20(27)16-21(29-17(2)26)13-10-18-12-15-23(28)25-22(18)14-11-19-7-6-9-24(19)30-25/h12,15,19-21,24,27-28H,3-11,13-14,16H2,1-2H3/t19-,20+,21-,24+/m1/s1.